The van der Waals surface area contributed by atoms with E-state index < -0.39 is 0 Å². The van der Waals surface area contributed by atoms with Crippen LogP contribution in [-0.2, 0) is 6.54 Å². The third-order valence-corrected chi connectivity index (χ3v) is 3.15. The van der Waals surface area contributed by atoms with Gasteiger partial charge in [0, 0.05) is 29.7 Å². The second kappa shape index (κ2) is 6.52. The lowest BCUT2D eigenvalue weighted by Gasteiger charge is -2.11. The van der Waals surface area contributed by atoms with Gasteiger partial charge < -0.3 is 5.32 Å². The predicted octanol–water partition coefficient (Wildman–Crippen LogP) is 2.36. The van der Waals surface area contributed by atoms with Crippen LogP contribution in [0.25, 0.3) is 11.5 Å². The van der Waals surface area contributed by atoms with E-state index in [2.05, 4.69) is 32.2 Å². The van der Waals surface area contributed by atoms with Crippen molar-refractivity contribution >= 4 is 0 Å². The van der Waals surface area contributed by atoms with Gasteiger partial charge in [-0.05, 0) is 39.8 Å². The number of nitrogens with zero attached hydrogens (tertiary/aromatic N) is 4. The largest absolute Gasteiger partial charge is 0.313 e. The Morgan fingerprint density at radius 2 is 1.75 bits per heavy atom. The summed E-state index contributed by atoms with van der Waals surface area (Å²) in [7, 11) is 0. The molecule has 2 aromatic heterocycles. The first-order valence-electron chi connectivity index (χ1n) is 6.96. The smallest absolute Gasteiger partial charge is 0.178 e. The fourth-order valence-electron chi connectivity index (χ4n) is 2.08. The molecule has 5 nitrogen and oxygen atoms in total. The normalized spacial score (nSPS) is 10.8. The zero-order valence-corrected chi connectivity index (χ0v) is 12.6. The third-order valence-electron chi connectivity index (χ3n) is 3.15. The summed E-state index contributed by atoms with van der Waals surface area (Å²) in [6.45, 7) is 9.89. The molecule has 2 heterocycles. The first-order chi connectivity index (χ1) is 9.61. The molecular formula is C15H21N5. The first kappa shape index (κ1) is 14.5. The molecular weight excluding hydrogens is 250 g/mol. The second-order valence-electron chi connectivity index (χ2n) is 4.86. The minimum absolute atomic E-state index is 0.671. The molecule has 0 bridgehead atoms. The van der Waals surface area contributed by atoms with E-state index in [9.17, 15) is 0 Å². The van der Waals surface area contributed by atoms with Crippen molar-refractivity contribution in [3.8, 4) is 11.5 Å². The molecule has 106 valence electrons. The number of hydrogen-bond acceptors (Lipinski definition) is 5. The summed E-state index contributed by atoms with van der Waals surface area (Å²) in [5.74, 6) is 1.40. The summed E-state index contributed by atoms with van der Waals surface area (Å²) in [4.78, 5) is 17.6. The molecule has 0 aromatic carbocycles. The average Bonchev–Trinajstić information content (AvgIpc) is 2.41. The summed E-state index contributed by atoms with van der Waals surface area (Å²) < 4.78 is 0. The third kappa shape index (κ3) is 3.36. The van der Waals surface area contributed by atoms with Crippen LogP contribution >= 0.6 is 0 Å². The van der Waals surface area contributed by atoms with Crippen molar-refractivity contribution in [2.45, 2.75) is 40.7 Å². The lowest BCUT2D eigenvalue weighted by molar-refractivity contribution is 0.665. The molecule has 0 saturated carbocycles. The number of aromatic nitrogens is 4. The molecule has 1 N–H and O–H groups in total. The maximum absolute atomic E-state index is 4.58. The highest BCUT2D eigenvalue weighted by atomic mass is 15.0. The molecule has 5 heteroatoms. The van der Waals surface area contributed by atoms with Crippen LogP contribution in [-0.4, -0.2) is 26.5 Å². The van der Waals surface area contributed by atoms with Gasteiger partial charge in [0.15, 0.2) is 5.82 Å². The standard InChI is InChI=1S/C15H21N5/c1-5-7-16-9-13-10(2)18-15(19-11(13)3)14-6-8-17-12(4)20-14/h6,8,16H,5,7,9H2,1-4H3. The topological polar surface area (TPSA) is 63.6 Å². The minimum Gasteiger partial charge on any atom is -0.313 e. The van der Waals surface area contributed by atoms with E-state index in [0.717, 1.165) is 42.4 Å². The van der Waals surface area contributed by atoms with Gasteiger partial charge in [0.2, 0.25) is 0 Å². The highest BCUT2D eigenvalue weighted by molar-refractivity contribution is 5.49. The molecule has 0 aliphatic carbocycles. The molecule has 0 aliphatic heterocycles. The minimum atomic E-state index is 0.671. The molecule has 0 amide bonds. The maximum Gasteiger partial charge on any atom is 0.178 e. The molecule has 0 aliphatic rings. The molecule has 2 aromatic rings. The fourth-order valence-corrected chi connectivity index (χ4v) is 2.08. The molecule has 0 radical (unpaired) electrons. The lowest BCUT2D eigenvalue weighted by atomic mass is 10.1. The van der Waals surface area contributed by atoms with Crippen LogP contribution in [0.3, 0.4) is 0 Å². The van der Waals surface area contributed by atoms with Crippen LogP contribution in [0.2, 0.25) is 0 Å². The number of aryl methyl sites for hydroxylation is 3. The van der Waals surface area contributed by atoms with Gasteiger partial charge in [-0.2, -0.15) is 0 Å². The van der Waals surface area contributed by atoms with E-state index >= 15 is 0 Å². The Balaban J connectivity index is 2.30. The zero-order valence-electron chi connectivity index (χ0n) is 12.6. The van der Waals surface area contributed by atoms with Crippen molar-refractivity contribution in [2.75, 3.05) is 6.54 Å². The predicted molar refractivity (Wildman–Crippen MR) is 79.3 cm³/mol. The Morgan fingerprint density at radius 3 is 2.35 bits per heavy atom. The van der Waals surface area contributed by atoms with Gasteiger partial charge in [0.05, 0.1) is 0 Å². The van der Waals surface area contributed by atoms with Crippen molar-refractivity contribution in [3.05, 3.63) is 35.0 Å². The van der Waals surface area contributed by atoms with Crippen molar-refractivity contribution in [1.82, 2.24) is 25.3 Å². The van der Waals surface area contributed by atoms with Crippen LogP contribution in [0, 0.1) is 20.8 Å². The molecule has 0 fully saturated rings. The van der Waals surface area contributed by atoms with E-state index in [-0.39, 0.29) is 0 Å². The highest BCUT2D eigenvalue weighted by Crippen LogP contribution is 2.16. The van der Waals surface area contributed by atoms with Gasteiger partial charge in [0.1, 0.15) is 11.5 Å². The van der Waals surface area contributed by atoms with Crippen LogP contribution in [0.1, 0.15) is 36.1 Å². The van der Waals surface area contributed by atoms with E-state index in [4.69, 9.17) is 0 Å². The zero-order chi connectivity index (χ0) is 14.5. The molecule has 0 atom stereocenters. The fraction of sp³-hybridized carbons (Fsp3) is 0.467. The second-order valence-corrected chi connectivity index (χ2v) is 4.86. The van der Waals surface area contributed by atoms with Crippen molar-refractivity contribution in [2.24, 2.45) is 0 Å². The van der Waals surface area contributed by atoms with Crippen LogP contribution < -0.4 is 5.32 Å². The van der Waals surface area contributed by atoms with Gasteiger partial charge in [-0.3, -0.25) is 0 Å². The quantitative estimate of drug-likeness (QED) is 0.846. The van der Waals surface area contributed by atoms with E-state index in [1.165, 1.54) is 5.56 Å². The van der Waals surface area contributed by atoms with E-state index in [1.807, 2.05) is 26.8 Å². The van der Waals surface area contributed by atoms with Gasteiger partial charge in [-0.25, -0.2) is 19.9 Å². The highest BCUT2D eigenvalue weighted by Gasteiger charge is 2.10. The Hall–Kier alpha value is -1.88. The summed E-state index contributed by atoms with van der Waals surface area (Å²) in [6, 6.07) is 1.84. The Kier molecular flexibility index (Phi) is 4.74. The van der Waals surface area contributed by atoms with Crippen molar-refractivity contribution < 1.29 is 0 Å². The van der Waals surface area contributed by atoms with Gasteiger partial charge >= 0.3 is 0 Å². The van der Waals surface area contributed by atoms with Crippen molar-refractivity contribution in [3.63, 3.8) is 0 Å². The van der Waals surface area contributed by atoms with Gasteiger partial charge in [-0.1, -0.05) is 6.92 Å². The Bertz CT molecular complexity index is 572. The number of hydrogen-bond donors (Lipinski definition) is 1. The SMILES string of the molecule is CCCNCc1c(C)nc(-c2ccnc(C)n2)nc1C. The van der Waals surface area contributed by atoms with Crippen LogP contribution in [0.4, 0.5) is 0 Å². The molecule has 20 heavy (non-hydrogen) atoms. The molecule has 2 rings (SSSR count). The summed E-state index contributed by atoms with van der Waals surface area (Å²) in [5, 5.41) is 3.40. The van der Waals surface area contributed by atoms with E-state index in [1.54, 1.807) is 6.20 Å². The summed E-state index contributed by atoms with van der Waals surface area (Å²) >= 11 is 0. The van der Waals surface area contributed by atoms with Crippen LogP contribution in [0.5, 0.6) is 0 Å². The van der Waals surface area contributed by atoms with Crippen molar-refractivity contribution in [1.29, 1.82) is 0 Å². The van der Waals surface area contributed by atoms with Crippen LogP contribution in [0.15, 0.2) is 12.3 Å². The average molecular weight is 271 g/mol. The number of rotatable bonds is 5. The Labute approximate surface area is 119 Å². The Morgan fingerprint density at radius 1 is 1.05 bits per heavy atom. The maximum atomic E-state index is 4.58. The van der Waals surface area contributed by atoms with Gasteiger partial charge in [0.25, 0.3) is 0 Å². The summed E-state index contributed by atoms with van der Waals surface area (Å²) in [5.41, 5.74) is 3.96. The van der Waals surface area contributed by atoms with E-state index in [0.29, 0.717) is 5.82 Å². The number of nitrogens with one attached hydrogen (secondary N) is 1. The monoisotopic (exact) mass is 271 g/mol. The van der Waals surface area contributed by atoms with Gasteiger partial charge in [-0.15, -0.1) is 0 Å². The molecule has 0 spiro atoms. The summed E-state index contributed by atoms with van der Waals surface area (Å²) in [6.07, 6.45) is 2.86. The lowest BCUT2D eigenvalue weighted by Crippen LogP contribution is -2.17. The molecule has 0 unspecified atom stereocenters. The molecule has 0 saturated heterocycles. The first-order valence-corrected chi connectivity index (χ1v) is 6.96.